The molecule has 0 saturated heterocycles. The number of hydrogen-bond donors (Lipinski definition) is 0. The number of rotatable bonds is 1. The van der Waals surface area contributed by atoms with Crippen LogP contribution in [0.2, 0.25) is 5.02 Å². The first-order chi connectivity index (χ1) is 5.82. The highest BCUT2D eigenvalue weighted by Gasteiger charge is 2.33. The van der Waals surface area contributed by atoms with Crippen molar-refractivity contribution in [3.8, 4) is 0 Å². The summed E-state index contributed by atoms with van der Waals surface area (Å²) in [4.78, 5) is 5.40. The van der Waals surface area contributed by atoms with E-state index in [2.05, 4.69) is 9.97 Å². The van der Waals surface area contributed by atoms with E-state index >= 15 is 0 Å². The molecule has 0 amide bonds. The Labute approximate surface area is 85.6 Å². The Bertz CT molecular complexity index is 339. The largest absolute Gasteiger partial charge is 0.311 e. The highest BCUT2D eigenvalue weighted by atomic mass is 35.5. The molecule has 1 heterocycles. The van der Waals surface area contributed by atoms with Crippen LogP contribution >= 0.6 is 34.8 Å². The second-order valence-electron chi connectivity index (χ2n) is 1.94. The molecule has 0 aliphatic carbocycles. The minimum absolute atomic E-state index is 0.853. The zero-order chi connectivity index (χ0) is 10.2. The molecule has 0 N–H and O–H groups in total. The third kappa shape index (κ3) is 2.36. The van der Waals surface area contributed by atoms with Crippen molar-refractivity contribution in [3.63, 3.8) is 0 Å². The zero-order valence-electron chi connectivity index (χ0n) is 5.66. The van der Waals surface area contributed by atoms with Crippen LogP contribution < -0.4 is 0 Å². The smallest absolute Gasteiger partial charge is 0.201 e. The Hall–Kier alpha value is -0.260. The molecule has 0 saturated carbocycles. The summed E-state index contributed by atoms with van der Waals surface area (Å²) in [5, 5.41) is -0.853. The Morgan fingerprint density at radius 1 is 1.15 bits per heavy atom. The Kier molecular flexibility index (Phi) is 2.89. The van der Waals surface area contributed by atoms with Gasteiger partial charge in [0.15, 0.2) is 0 Å². The lowest BCUT2D eigenvalue weighted by molar-refractivity contribution is 0.379. The molecule has 0 radical (unpaired) electrons. The Morgan fingerprint density at radius 2 is 1.69 bits per heavy atom. The van der Waals surface area contributed by atoms with Gasteiger partial charge in [0.1, 0.15) is 10.7 Å². The van der Waals surface area contributed by atoms with E-state index < -0.39 is 27.3 Å². The summed E-state index contributed by atoms with van der Waals surface area (Å²) < 4.78 is 34.6. The molecule has 8 heteroatoms. The average Bonchev–Trinajstić information content (AvgIpc) is 1.94. The minimum atomic E-state index is -3.05. The van der Waals surface area contributed by atoms with Crippen LogP contribution in [0.4, 0.5) is 13.2 Å². The van der Waals surface area contributed by atoms with Crippen LogP contribution in [0.3, 0.4) is 0 Å². The van der Waals surface area contributed by atoms with Gasteiger partial charge in [-0.05, 0) is 0 Å². The third-order valence-electron chi connectivity index (χ3n) is 1.05. The van der Waals surface area contributed by atoms with Gasteiger partial charge in [0, 0.05) is 0 Å². The molecule has 1 aromatic heterocycles. The maximum Gasteiger partial charge on any atom is 0.311 e. The molecule has 1 aromatic rings. The molecule has 2 nitrogen and oxygen atoms in total. The maximum absolute atomic E-state index is 12.8. The predicted molar refractivity (Wildman–Crippen MR) is 41.5 cm³/mol. The first kappa shape index (κ1) is 10.8. The van der Waals surface area contributed by atoms with Crippen molar-refractivity contribution in [2.75, 3.05) is 0 Å². The van der Waals surface area contributed by atoms with Crippen LogP contribution in [-0.2, 0) is 4.59 Å². The molecule has 0 atom stereocenters. The van der Waals surface area contributed by atoms with E-state index in [0.29, 0.717) is 0 Å². The summed E-state index contributed by atoms with van der Waals surface area (Å²) in [5.74, 6) is -1.42. The summed E-state index contributed by atoms with van der Waals surface area (Å²) in [5.41, 5.74) is -0.956. The van der Waals surface area contributed by atoms with Crippen molar-refractivity contribution in [2.45, 2.75) is 4.59 Å². The van der Waals surface area contributed by atoms with Crippen LogP contribution in [0.15, 0.2) is 0 Å². The molecular formula is C5Cl3F3N2. The third-order valence-corrected chi connectivity index (χ3v) is 1.74. The highest BCUT2D eigenvalue weighted by molar-refractivity contribution is 6.47. The lowest BCUT2D eigenvalue weighted by atomic mass is 10.4. The predicted octanol–water partition coefficient (Wildman–Crippen LogP) is 2.97. The molecular weight excluding hydrogens is 251 g/mol. The van der Waals surface area contributed by atoms with E-state index in [0.717, 1.165) is 0 Å². The molecule has 0 aromatic carbocycles. The van der Waals surface area contributed by atoms with Gasteiger partial charge in [0.2, 0.25) is 5.95 Å². The number of halogens is 6. The van der Waals surface area contributed by atoms with Gasteiger partial charge in [0.25, 0.3) is 0 Å². The molecule has 0 spiro atoms. The van der Waals surface area contributed by atoms with Crippen LogP contribution in [0.25, 0.3) is 0 Å². The maximum atomic E-state index is 12.8. The van der Waals surface area contributed by atoms with Crippen LogP contribution in [0.1, 0.15) is 5.69 Å². The van der Waals surface area contributed by atoms with Crippen LogP contribution in [0.5, 0.6) is 0 Å². The summed E-state index contributed by atoms with van der Waals surface area (Å²) in [7, 11) is 0. The van der Waals surface area contributed by atoms with Crippen molar-refractivity contribution >= 4 is 34.8 Å². The monoisotopic (exact) mass is 250 g/mol. The number of hydrogen-bond acceptors (Lipinski definition) is 2. The average molecular weight is 251 g/mol. The molecule has 0 aliphatic rings. The highest BCUT2D eigenvalue weighted by Crippen LogP contribution is 2.38. The van der Waals surface area contributed by atoms with Gasteiger partial charge >= 0.3 is 10.7 Å². The van der Waals surface area contributed by atoms with Gasteiger partial charge in [-0.25, -0.2) is 4.39 Å². The summed E-state index contributed by atoms with van der Waals surface area (Å²) in [6.07, 6.45) is -1.50. The quantitative estimate of drug-likeness (QED) is 0.436. The lowest BCUT2D eigenvalue weighted by Crippen LogP contribution is -2.10. The van der Waals surface area contributed by atoms with E-state index in [1.54, 1.807) is 0 Å². The number of nitrogens with zero attached hydrogens (tertiary/aromatic N) is 2. The summed E-state index contributed by atoms with van der Waals surface area (Å²) in [6.45, 7) is 0. The first-order valence-corrected chi connectivity index (χ1v) is 3.91. The normalized spacial score (nSPS) is 11.8. The van der Waals surface area contributed by atoms with Gasteiger partial charge in [-0.2, -0.15) is 18.7 Å². The summed E-state index contributed by atoms with van der Waals surface area (Å²) >= 11 is 15.0. The van der Waals surface area contributed by atoms with E-state index in [1.807, 2.05) is 0 Å². The molecule has 0 fully saturated rings. The van der Waals surface area contributed by atoms with Crippen molar-refractivity contribution in [1.29, 1.82) is 0 Å². The standard InChI is InChI=1S/C5Cl3F3N2/c6-1-2(5(7,8)11)12-4(10)13-3(1)9. The fourth-order valence-corrected chi connectivity index (χ4v) is 1.17. The lowest BCUT2D eigenvalue weighted by Gasteiger charge is -2.09. The van der Waals surface area contributed by atoms with Gasteiger partial charge in [-0.15, -0.1) is 0 Å². The van der Waals surface area contributed by atoms with Crippen molar-refractivity contribution in [3.05, 3.63) is 22.7 Å². The second kappa shape index (κ2) is 3.48. The van der Waals surface area contributed by atoms with E-state index in [4.69, 9.17) is 34.8 Å². The molecule has 72 valence electrons. The first-order valence-electron chi connectivity index (χ1n) is 2.78. The van der Waals surface area contributed by atoms with Crippen LogP contribution in [-0.4, -0.2) is 9.97 Å². The van der Waals surface area contributed by atoms with E-state index in [9.17, 15) is 13.2 Å². The number of aromatic nitrogens is 2. The van der Waals surface area contributed by atoms with Crippen molar-refractivity contribution in [2.24, 2.45) is 0 Å². The molecule has 1 rings (SSSR count). The molecule has 0 bridgehead atoms. The van der Waals surface area contributed by atoms with Crippen molar-refractivity contribution in [1.82, 2.24) is 9.97 Å². The minimum Gasteiger partial charge on any atom is -0.201 e. The van der Waals surface area contributed by atoms with Gasteiger partial charge in [-0.3, -0.25) is 0 Å². The topological polar surface area (TPSA) is 25.8 Å². The van der Waals surface area contributed by atoms with Gasteiger partial charge in [-0.1, -0.05) is 34.8 Å². The van der Waals surface area contributed by atoms with E-state index in [1.165, 1.54) is 0 Å². The Morgan fingerprint density at radius 3 is 2.15 bits per heavy atom. The fourth-order valence-electron chi connectivity index (χ4n) is 0.582. The fraction of sp³-hybridized carbons (Fsp3) is 0.200. The summed E-state index contributed by atoms with van der Waals surface area (Å²) in [6, 6.07) is 0. The van der Waals surface area contributed by atoms with Crippen molar-refractivity contribution < 1.29 is 13.2 Å². The number of alkyl halides is 3. The molecule has 0 aliphatic heterocycles. The van der Waals surface area contributed by atoms with E-state index in [-0.39, 0.29) is 0 Å². The Balaban J connectivity index is 3.37. The molecule has 13 heavy (non-hydrogen) atoms. The second-order valence-corrected chi connectivity index (χ2v) is 3.56. The van der Waals surface area contributed by atoms with Gasteiger partial charge < -0.3 is 0 Å². The molecule has 0 unspecified atom stereocenters. The van der Waals surface area contributed by atoms with Gasteiger partial charge in [0.05, 0.1) is 0 Å². The van der Waals surface area contributed by atoms with Crippen LogP contribution in [0, 0.1) is 12.0 Å². The SMILES string of the molecule is Fc1nc(F)c(Cl)c(C(F)(Cl)Cl)n1. The zero-order valence-corrected chi connectivity index (χ0v) is 7.93.